The normalized spacial score (nSPS) is 12.6. The highest BCUT2D eigenvalue weighted by Gasteiger charge is 2.11. The molecule has 0 saturated heterocycles. The van der Waals surface area contributed by atoms with Crippen molar-refractivity contribution in [1.29, 1.82) is 0 Å². The van der Waals surface area contributed by atoms with E-state index in [0.29, 0.717) is 0 Å². The number of halogens is 1. The zero-order valence-electron chi connectivity index (χ0n) is 9.90. The minimum absolute atomic E-state index is 0.289. The summed E-state index contributed by atoms with van der Waals surface area (Å²) in [5.74, 6) is 0. The molecular formula is C13H15ClN2S. The Kier molecular flexibility index (Phi) is 4.15. The number of aromatic nitrogens is 1. The lowest BCUT2D eigenvalue weighted by molar-refractivity contribution is 0.594. The molecule has 1 N–H and O–H groups in total. The van der Waals surface area contributed by atoms with Crippen LogP contribution >= 0.6 is 22.9 Å². The van der Waals surface area contributed by atoms with E-state index in [1.807, 2.05) is 25.5 Å². The Morgan fingerprint density at radius 3 is 2.82 bits per heavy atom. The van der Waals surface area contributed by atoms with Crippen LogP contribution in [0.2, 0.25) is 4.34 Å². The lowest BCUT2D eigenvalue weighted by atomic mass is 10.0. The van der Waals surface area contributed by atoms with Crippen molar-refractivity contribution in [1.82, 2.24) is 10.3 Å². The number of aryl methyl sites for hydroxylation is 1. The maximum atomic E-state index is 5.94. The zero-order valence-corrected chi connectivity index (χ0v) is 11.5. The fourth-order valence-corrected chi connectivity index (χ4v) is 2.95. The van der Waals surface area contributed by atoms with Crippen LogP contribution in [0.15, 0.2) is 30.6 Å². The summed E-state index contributed by atoms with van der Waals surface area (Å²) in [5, 5.41) is 3.33. The molecule has 0 aliphatic rings. The van der Waals surface area contributed by atoms with E-state index in [2.05, 4.69) is 29.4 Å². The number of pyridine rings is 1. The maximum absolute atomic E-state index is 5.94. The lowest BCUT2D eigenvalue weighted by Gasteiger charge is -2.15. The van der Waals surface area contributed by atoms with Crippen molar-refractivity contribution in [2.24, 2.45) is 0 Å². The van der Waals surface area contributed by atoms with Crippen LogP contribution in [-0.2, 0) is 6.42 Å². The van der Waals surface area contributed by atoms with Gasteiger partial charge < -0.3 is 5.32 Å². The number of nitrogens with zero attached hydrogens (tertiary/aromatic N) is 1. The summed E-state index contributed by atoms with van der Waals surface area (Å²) >= 11 is 7.58. The number of thiophene rings is 1. The Balaban J connectivity index is 2.16. The van der Waals surface area contributed by atoms with Gasteiger partial charge in [-0.15, -0.1) is 11.3 Å². The molecule has 90 valence electrons. The van der Waals surface area contributed by atoms with Crippen molar-refractivity contribution in [2.75, 3.05) is 7.05 Å². The van der Waals surface area contributed by atoms with Crippen LogP contribution in [0.25, 0.3) is 0 Å². The average molecular weight is 267 g/mol. The van der Waals surface area contributed by atoms with Crippen molar-refractivity contribution in [3.63, 3.8) is 0 Å². The predicted molar refractivity (Wildman–Crippen MR) is 73.8 cm³/mol. The molecule has 0 aromatic carbocycles. The molecule has 2 nitrogen and oxygen atoms in total. The lowest BCUT2D eigenvalue weighted by Crippen LogP contribution is -2.18. The van der Waals surface area contributed by atoms with Crippen LogP contribution < -0.4 is 5.32 Å². The highest BCUT2D eigenvalue weighted by Crippen LogP contribution is 2.26. The van der Waals surface area contributed by atoms with Gasteiger partial charge in [0.25, 0.3) is 0 Å². The summed E-state index contributed by atoms with van der Waals surface area (Å²) in [6.07, 6.45) is 4.74. The molecule has 0 amide bonds. The second kappa shape index (κ2) is 5.63. The van der Waals surface area contributed by atoms with Gasteiger partial charge in [-0.1, -0.05) is 17.7 Å². The highest BCUT2D eigenvalue weighted by molar-refractivity contribution is 7.16. The molecular weight excluding hydrogens is 252 g/mol. The molecule has 1 unspecified atom stereocenters. The van der Waals surface area contributed by atoms with Crippen molar-refractivity contribution < 1.29 is 0 Å². The van der Waals surface area contributed by atoms with Gasteiger partial charge in [0.05, 0.1) is 4.34 Å². The van der Waals surface area contributed by atoms with Crippen molar-refractivity contribution in [2.45, 2.75) is 19.4 Å². The van der Waals surface area contributed by atoms with E-state index in [4.69, 9.17) is 11.6 Å². The van der Waals surface area contributed by atoms with E-state index in [0.717, 1.165) is 10.8 Å². The van der Waals surface area contributed by atoms with E-state index in [1.165, 1.54) is 16.0 Å². The van der Waals surface area contributed by atoms with E-state index in [1.54, 1.807) is 11.3 Å². The molecule has 0 spiro atoms. The topological polar surface area (TPSA) is 24.9 Å². The number of rotatable bonds is 4. The van der Waals surface area contributed by atoms with Crippen LogP contribution in [0, 0.1) is 6.92 Å². The molecule has 2 rings (SSSR count). The Bertz CT molecular complexity index is 496. The fraction of sp³-hybridized carbons (Fsp3) is 0.308. The molecule has 2 aromatic rings. The highest BCUT2D eigenvalue weighted by atomic mass is 35.5. The Morgan fingerprint density at radius 1 is 1.41 bits per heavy atom. The number of hydrogen-bond donors (Lipinski definition) is 1. The molecule has 2 heterocycles. The molecule has 0 saturated carbocycles. The molecule has 1 atom stereocenters. The van der Waals surface area contributed by atoms with Crippen LogP contribution in [-0.4, -0.2) is 12.0 Å². The van der Waals surface area contributed by atoms with Gasteiger partial charge in [0, 0.05) is 29.7 Å². The smallest absolute Gasteiger partial charge is 0.0931 e. The van der Waals surface area contributed by atoms with E-state index in [-0.39, 0.29) is 6.04 Å². The van der Waals surface area contributed by atoms with Gasteiger partial charge in [0.2, 0.25) is 0 Å². The summed E-state index contributed by atoms with van der Waals surface area (Å²) in [7, 11) is 1.97. The third-order valence-electron chi connectivity index (χ3n) is 2.68. The number of likely N-dealkylation sites (N-methyl/N-ethyl adjacent to an activating group) is 1. The van der Waals surface area contributed by atoms with Crippen LogP contribution in [0.5, 0.6) is 0 Å². The van der Waals surface area contributed by atoms with Gasteiger partial charge in [-0.2, -0.15) is 0 Å². The standard InChI is InChI=1S/C13H15ClN2S/c1-9-5-10(8-16-7-9)12(15-2)6-11-3-4-13(14)17-11/h3-5,7-8,12,15H,6H2,1-2H3. The van der Waals surface area contributed by atoms with Crippen molar-refractivity contribution in [3.05, 3.63) is 50.9 Å². The van der Waals surface area contributed by atoms with Crippen LogP contribution in [0.3, 0.4) is 0 Å². The summed E-state index contributed by atoms with van der Waals surface area (Å²) in [4.78, 5) is 5.53. The molecule has 2 aromatic heterocycles. The minimum Gasteiger partial charge on any atom is -0.313 e. The molecule has 0 aliphatic heterocycles. The second-order valence-corrected chi connectivity index (χ2v) is 5.85. The first-order chi connectivity index (χ1) is 8.19. The summed E-state index contributed by atoms with van der Waals surface area (Å²) in [6, 6.07) is 6.49. The first-order valence-electron chi connectivity index (χ1n) is 5.52. The molecule has 0 aliphatic carbocycles. The van der Waals surface area contributed by atoms with Gasteiger partial charge >= 0.3 is 0 Å². The molecule has 0 bridgehead atoms. The Hall–Kier alpha value is -0.900. The van der Waals surface area contributed by atoms with E-state index in [9.17, 15) is 0 Å². The number of hydrogen-bond acceptors (Lipinski definition) is 3. The zero-order chi connectivity index (χ0) is 12.3. The van der Waals surface area contributed by atoms with Gasteiger partial charge in [-0.3, -0.25) is 4.98 Å². The third kappa shape index (κ3) is 3.28. The monoisotopic (exact) mass is 266 g/mol. The molecule has 0 radical (unpaired) electrons. The van der Waals surface area contributed by atoms with Gasteiger partial charge in [-0.05, 0) is 37.2 Å². The summed E-state index contributed by atoms with van der Waals surface area (Å²) in [5.41, 5.74) is 2.41. The Morgan fingerprint density at radius 2 is 2.24 bits per heavy atom. The van der Waals surface area contributed by atoms with Crippen LogP contribution in [0.4, 0.5) is 0 Å². The summed E-state index contributed by atoms with van der Waals surface area (Å²) < 4.78 is 0.845. The SMILES string of the molecule is CNC(Cc1ccc(Cl)s1)c1cncc(C)c1. The second-order valence-electron chi connectivity index (χ2n) is 4.05. The first-order valence-corrected chi connectivity index (χ1v) is 6.71. The van der Waals surface area contributed by atoms with Crippen molar-refractivity contribution in [3.8, 4) is 0 Å². The Labute approximate surface area is 111 Å². The predicted octanol–water partition coefficient (Wildman–Crippen LogP) is 3.61. The fourth-order valence-electron chi connectivity index (χ4n) is 1.82. The molecule has 4 heteroatoms. The van der Waals surface area contributed by atoms with E-state index >= 15 is 0 Å². The van der Waals surface area contributed by atoms with Gasteiger partial charge in [-0.25, -0.2) is 0 Å². The molecule has 0 fully saturated rings. The first kappa shape index (κ1) is 12.6. The summed E-state index contributed by atoms with van der Waals surface area (Å²) in [6.45, 7) is 2.06. The van der Waals surface area contributed by atoms with Gasteiger partial charge in [0.1, 0.15) is 0 Å². The van der Waals surface area contributed by atoms with E-state index < -0.39 is 0 Å². The van der Waals surface area contributed by atoms with Crippen LogP contribution in [0.1, 0.15) is 22.0 Å². The number of nitrogens with one attached hydrogen (secondary N) is 1. The minimum atomic E-state index is 0.289. The van der Waals surface area contributed by atoms with Crippen molar-refractivity contribution >= 4 is 22.9 Å². The molecule has 17 heavy (non-hydrogen) atoms. The third-order valence-corrected chi connectivity index (χ3v) is 3.93. The average Bonchev–Trinajstić information content (AvgIpc) is 2.72. The van der Waals surface area contributed by atoms with Gasteiger partial charge in [0.15, 0.2) is 0 Å². The maximum Gasteiger partial charge on any atom is 0.0931 e. The largest absolute Gasteiger partial charge is 0.313 e. The quantitative estimate of drug-likeness (QED) is 0.915.